The maximum Gasteiger partial charge on any atom is 0.256 e. The number of aryl methyl sites for hydroxylation is 1. The molecule has 34 heavy (non-hydrogen) atoms. The van der Waals surface area contributed by atoms with Crippen molar-refractivity contribution in [3.63, 3.8) is 0 Å². The van der Waals surface area contributed by atoms with E-state index in [1.807, 2.05) is 31.9 Å². The highest BCUT2D eigenvalue weighted by Gasteiger charge is 2.44. The van der Waals surface area contributed by atoms with E-state index in [1.54, 1.807) is 17.0 Å². The summed E-state index contributed by atoms with van der Waals surface area (Å²) in [5, 5.41) is 3.10. The van der Waals surface area contributed by atoms with Crippen molar-refractivity contribution in [1.82, 2.24) is 19.8 Å². The molecular weight excluding hydrogens is 433 g/mol. The van der Waals surface area contributed by atoms with Gasteiger partial charge in [-0.15, -0.1) is 0 Å². The summed E-state index contributed by atoms with van der Waals surface area (Å²) in [5.41, 5.74) is 0.259. The van der Waals surface area contributed by atoms with Crippen LogP contribution in [0.1, 0.15) is 61.4 Å². The molecule has 2 aliphatic heterocycles. The molecule has 8 heteroatoms. The van der Waals surface area contributed by atoms with E-state index in [1.165, 1.54) is 12.1 Å². The summed E-state index contributed by atoms with van der Waals surface area (Å²) in [5.74, 6) is 0.816. The van der Waals surface area contributed by atoms with Crippen molar-refractivity contribution in [3.05, 3.63) is 53.2 Å². The van der Waals surface area contributed by atoms with Gasteiger partial charge in [-0.25, -0.2) is 14.4 Å². The van der Waals surface area contributed by atoms with Gasteiger partial charge in [-0.3, -0.25) is 9.59 Å². The second-order valence-corrected chi connectivity index (χ2v) is 10.2. The fraction of sp³-hybridized carbons (Fsp3) is 0.538. The number of amides is 2. The zero-order chi connectivity index (χ0) is 24.5. The zero-order valence-corrected chi connectivity index (χ0v) is 20.5. The molecular formula is C26H34FN5O2. The Bertz CT molecular complexity index is 1080. The average molecular weight is 468 g/mol. The van der Waals surface area contributed by atoms with Crippen LogP contribution >= 0.6 is 0 Å². The number of nitrogens with one attached hydrogen (secondary N) is 1. The molecule has 0 spiro atoms. The van der Waals surface area contributed by atoms with E-state index in [-0.39, 0.29) is 22.8 Å². The summed E-state index contributed by atoms with van der Waals surface area (Å²) < 4.78 is 14.1. The van der Waals surface area contributed by atoms with Crippen LogP contribution in [-0.2, 0) is 10.2 Å². The normalized spacial score (nSPS) is 22.4. The number of nitrogens with zero attached hydrogens (tertiary/aromatic N) is 4. The van der Waals surface area contributed by atoms with Crippen LogP contribution in [0.25, 0.3) is 0 Å². The number of rotatable bonds is 4. The maximum atomic E-state index is 14.1. The fourth-order valence-corrected chi connectivity index (χ4v) is 5.23. The predicted molar refractivity (Wildman–Crippen MR) is 129 cm³/mol. The average Bonchev–Trinajstić information content (AvgIpc) is 2.83. The van der Waals surface area contributed by atoms with Gasteiger partial charge in [0.25, 0.3) is 5.91 Å². The van der Waals surface area contributed by atoms with Crippen LogP contribution in [0.4, 0.5) is 10.2 Å². The van der Waals surface area contributed by atoms with E-state index in [0.717, 1.165) is 30.9 Å². The highest BCUT2D eigenvalue weighted by atomic mass is 19.1. The summed E-state index contributed by atoms with van der Waals surface area (Å²) in [6.07, 6.45) is 3.00. The molecule has 2 aliphatic rings. The van der Waals surface area contributed by atoms with Crippen molar-refractivity contribution in [2.24, 2.45) is 5.41 Å². The minimum atomic E-state index is -0.540. The van der Waals surface area contributed by atoms with Gasteiger partial charge in [0.05, 0.1) is 11.3 Å². The van der Waals surface area contributed by atoms with Gasteiger partial charge in [0.2, 0.25) is 5.91 Å². The number of piperidine rings is 2. The van der Waals surface area contributed by atoms with Crippen LogP contribution in [0, 0.1) is 18.2 Å². The Labute approximate surface area is 200 Å². The van der Waals surface area contributed by atoms with Crippen LogP contribution in [-0.4, -0.2) is 64.8 Å². The lowest BCUT2D eigenvalue weighted by Gasteiger charge is -2.45. The third-order valence-electron chi connectivity index (χ3n) is 7.47. The molecule has 0 radical (unpaired) electrons. The Morgan fingerprint density at radius 3 is 2.41 bits per heavy atom. The molecule has 2 aromatic rings. The lowest BCUT2D eigenvalue weighted by molar-refractivity contribution is -0.146. The largest absolute Gasteiger partial charge is 0.373 e. The maximum absolute atomic E-state index is 14.1. The summed E-state index contributed by atoms with van der Waals surface area (Å²) in [4.78, 5) is 39.3. The number of hydrogen-bond acceptors (Lipinski definition) is 5. The smallest absolute Gasteiger partial charge is 0.256 e. The first kappa shape index (κ1) is 24.1. The van der Waals surface area contributed by atoms with E-state index in [9.17, 15) is 14.0 Å². The summed E-state index contributed by atoms with van der Waals surface area (Å²) in [7, 11) is 1.84. The predicted octanol–water partition coefficient (Wildman–Crippen LogP) is 3.79. The third-order valence-corrected chi connectivity index (χ3v) is 7.47. The van der Waals surface area contributed by atoms with Crippen LogP contribution in [0.15, 0.2) is 30.3 Å². The first-order chi connectivity index (χ1) is 16.1. The topological polar surface area (TPSA) is 78.4 Å². The van der Waals surface area contributed by atoms with Crippen molar-refractivity contribution in [1.29, 1.82) is 0 Å². The first-order valence-electron chi connectivity index (χ1n) is 12.0. The molecule has 3 heterocycles. The molecule has 0 unspecified atom stereocenters. The highest BCUT2D eigenvalue weighted by molar-refractivity contribution is 5.94. The number of carbonyl (C=O) groups is 2. The van der Waals surface area contributed by atoms with Crippen LogP contribution in [0.3, 0.4) is 0 Å². The van der Waals surface area contributed by atoms with E-state index < -0.39 is 11.2 Å². The molecule has 1 N–H and O–H groups in total. The van der Waals surface area contributed by atoms with Crippen molar-refractivity contribution >= 4 is 17.6 Å². The van der Waals surface area contributed by atoms with Gasteiger partial charge >= 0.3 is 0 Å². The second-order valence-electron chi connectivity index (χ2n) is 10.2. The van der Waals surface area contributed by atoms with E-state index in [4.69, 9.17) is 4.98 Å². The fourth-order valence-electron chi connectivity index (χ4n) is 5.23. The number of anilines is 1. The number of aromatic nitrogens is 2. The summed E-state index contributed by atoms with van der Waals surface area (Å²) >= 11 is 0. The molecule has 182 valence electrons. The molecule has 0 aliphatic carbocycles. The lowest BCUT2D eigenvalue weighted by Crippen LogP contribution is -2.54. The number of hydrogen-bond donors (Lipinski definition) is 1. The van der Waals surface area contributed by atoms with Crippen molar-refractivity contribution in [3.8, 4) is 0 Å². The first-order valence-corrected chi connectivity index (χ1v) is 12.0. The van der Waals surface area contributed by atoms with Crippen molar-refractivity contribution in [2.75, 3.05) is 38.5 Å². The Hall–Kier alpha value is -3.03. The van der Waals surface area contributed by atoms with E-state index >= 15 is 0 Å². The Morgan fingerprint density at radius 1 is 1.03 bits per heavy atom. The van der Waals surface area contributed by atoms with Crippen LogP contribution in [0.5, 0.6) is 0 Å². The van der Waals surface area contributed by atoms with E-state index in [0.29, 0.717) is 38.3 Å². The SMILES string of the molecule is CNc1cc([C@@]2(C)CCCN(C(=O)C3(C)CCN(C(=O)c4ccccc4F)CC3)C2)nc(C)n1. The monoisotopic (exact) mass is 467 g/mol. The molecule has 2 fully saturated rings. The molecule has 1 aromatic heterocycles. The Kier molecular flexibility index (Phi) is 6.60. The molecule has 0 bridgehead atoms. The number of halogens is 1. The molecule has 7 nitrogen and oxygen atoms in total. The minimum absolute atomic E-state index is 0.0882. The van der Waals surface area contributed by atoms with Crippen molar-refractivity contribution < 1.29 is 14.0 Å². The standard InChI is InChI=1S/C26H34FN5O2/c1-18-29-21(16-22(28-4)30-18)26(3)10-7-13-32(17-26)24(34)25(2)11-14-31(15-12-25)23(33)19-8-5-6-9-20(19)27/h5-6,8-9,16H,7,10-15,17H2,1-4H3,(H,28,29,30)/t26-/m0/s1. The molecule has 2 amide bonds. The Morgan fingerprint density at radius 2 is 1.74 bits per heavy atom. The third kappa shape index (κ3) is 4.63. The van der Waals surface area contributed by atoms with Gasteiger partial charge in [-0.2, -0.15) is 0 Å². The number of benzene rings is 1. The molecule has 1 aromatic carbocycles. The molecule has 2 saturated heterocycles. The minimum Gasteiger partial charge on any atom is -0.373 e. The van der Waals surface area contributed by atoms with Crippen LogP contribution < -0.4 is 5.32 Å². The highest BCUT2D eigenvalue weighted by Crippen LogP contribution is 2.38. The van der Waals surface area contributed by atoms with Gasteiger partial charge in [-0.05, 0) is 44.7 Å². The summed E-state index contributed by atoms with van der Waals surface area (Å²) in [6.45, 7) is 8.28. The Balaban J connectivity index is 1.45. The molecule has 0 saturated carbocycles. The molecule has 4 rings (SSSR count). The van der Waals surface area contributed by atoms with Gasteiger partial charge in [0, 0.05) is 50.1 Å². The second kappa shape index (κ2) is 9.31. The van der Waals surface area contributed by atoms with Crippen molar-refractivity contribution in [2.45, 2.75) is 51.9 Å². The quantitative estimate of drug-likeness (QED) is 0.740. The summed E-state index contributed by atoms with van der Waals surface area (Å²) in [6, 6.07) is 8.04. The molecule has 1 atom stereocenters. The van der Waals surface area contributed by atoms with Gasteiger partial charge in [-0.1, -0.05) is 26.0 Å². The van der Waals surface area contributed by atoms with Gasteiger partial charge in [0.1, 0.15) is 17.5 Å². The number of carbonyl (C=O) groups excluding carboxylic acids is 2. The lowest BCUT2D eigenvalue weighted by atomic mass is 9.75. The van der Waals surface area contributed by atoms with Gasteiger partial charge < -0.3 is 15.1 Å². The van der Waals surface area contributed by atoms with Gasteiger partial charge in [0.15, 0.2) is 0 Å². The van der Waals surface area contributed by atoms with E-state index in [2.05, 4.69) is 17.2 Å². The van der Waals surface area contributed by atoms with Crippen LogP contribution in [0.2, 0.25) is 0 Å². The zero-order valence-electron chi connectivity index (χ0n) is 20.5. The number of likely N-dealkylation sites (tertiary alicyclic amines) is 2.